The first-order chi connectivity index (χ1) is 9.52. The molecule has 1 aromatic carbocycles. The molecule has 106 valence electrons. The Morgan fingerprint density at radius 1 is 1.45 bits per heavy atom. The average molecular weight is 275 g/mol. The molecule has 0 aliphatic rings. The standard InChI is InChI=1S/C14H17N3O3/c1-8-12(9(2)20-17-8)7-16-14(18)11-5-4-10(19-3)6-13(11)15/h4-6H,7,15H2,1-3H3,(H,16,18). The van der Waals surface area contributed by atoms with Gasteiger partial charge >= 0.3 is 0 Å². The summed E-state index contributed by atoms with van der Waals surface area (Å²) in [6.45, 7) is 3.99. The molecule has 20 heavy (non-hydrogen) atoms. The van der Waals surface area contributed by atoms with Crippen LogP contribution in [0.15, 0.2) is 22.7 Å². The predicted molar refractivity (Wildman–Crippen MR) is 74.6 cm³/mol. The molecule has 0 aliphatic heterocycles. The second kappa shape index (κ2) is 5.64. The number of amides is 1. The maximum Gasteiger partial charge on any atom is 0.253 e. The Morgan fingerprint density at radius 2 is 2.20 bits per heavy atom. The van der Waals surface area contributed by atoms with Gasteiger partial charge in [0.25, 0.3) is 5.91 Å². The SMILES string of the molecule is COc1ccc(C(=O)NCc2c(C)noc2C)c(N)c1. The molecule has 2 rings (SSSR count). The van der Waals surface area contributed by atoms with Gasteiger partial charge in [-0.05, 0) is 26.0 Å². The molecular formula is C14H17N3O3. The van der Waals surface area contributed by atoms with E-state index in [0.29, 0.717) is 29.3 Å². The van der Waals surface area contributed by atoms with E-state index in [0.717, 1.165) is 11.3 Å². The van der Waals surface area contributed by atoms with Crippen LogP contribution >= 0.6 is 0 Å². The van der Waals surface area contributed by atoms with Crippen molar-refractivity contribution >= 4 is 11.6 Å². The molecule has 2 aromatic rings. The summed E-state index contributed by atoms with van der Waals surface area (Å²) >= 11 is 0. The van der Waals surface area contributed by atoms with Crippen molar-refractivity contribution in [1.82, 2.24) is 10.5 Å². The number of rotatable bonds is 4. The molecule has 1 amide bonds. The van der Waals surface area contributed by atoms with E-state index < -0.39 is 0 Å². The summed E-state index contributed by atoms with van der Waals surface area (Å²) in [7, 11) is 1.55. The van der Waals surface area contributed by atoms with Gasteiger partial charge in [-0.2, -0.15) is 0 Å². The van der Waals surface area contributed by atoms with Crippen LogP contribution in [-0.4, -0.2) is 18.2 Å². The van der Waals surface area contributed by atoms with E-state index in [1.807, 2.05) is 13.8 Å². The van der Waals surface area contributed by atoms with Crippen molar-refractivity contribution in [1.29, 1.82) is 0 Å². The molecule has 6 nitrogen and oxygen atoms in total. The summed E-state index contributed by atoms with van der Waals surface area (Å²) in [5.41, 5.74) is 8.27. The number of benzene rings is 1. The molecule has 0 bridgehead atoms. The third kappa shape index (κ3) is 2.74. The Labute approximate surface area is 116 Å². The number of hydrogen-bond donors (Lipinski definition) is 2. The molecule has 3 N–H and O–H groups in total. The number of ether oxygens (including phenoxy) is 1. The van der Waals surface area contributed by atoms with Crippen LogP contribution in [0.25, 0.3) is 0 Å². The van der Waals surface area contributed by atoms with Crippen molar-refractivity contribution < 1.29 is 14.1 Å². The number of anilines is 1. The van der Waals surface area contributed by atoms with Gasteiger partial charge in [0.2, 0.25) is 0 Å². The van der Waals surface area contributed by atoms with Crippen molar-refractivity contribution in [2.24, 2.45) is 0 Å². The van der Waals surface area contributed by atoms with Gasteiger partial charge in [-0.25, -0.2) is 0 Å². The van der Waals surface area contributed by atoms with E-state index in [-0.39, 0.29) is 5.91 Å². The van der Waals surface area contributed by atoms with Gasteiger partial charge in [0.05, 0.1) is 18.4 Å². The lowest BCUT2D eigenvalue weighted by molar-refractivity contribution is 0.0951. The molecule has 1 aromatic heterocycles. The maximum atomic E-state index is 12.1. The van der Waals surface area contributed by atoms with E-state index >= 15 is 0 Å². The van der Waals surface area contributed by atoms with Crippen molar-refractivity contribution in [3.8, 4) is 5.75 Å². The number of nitrogen functional groups attached to an aromatic ring is 1. The van der Waals surface area contributed by atoms with E-state index in [1.54, 1.807) is 25.3 Å². The third-order valence-electron chi connectivity index (χ3n) is 3.11. The molecule has 0 unspecified atom stereocenters. The number of nitrogens with zero attached hydrogens (tertiary/aromatic N) is 1. The number of nitrogens with two attached hydrogens (primary N) is 1. The first-order valence-electron chi connectivity index (χ1n) is 6.16. The van der Waals surface area contributed by atoms with Crippen molar-refractivity contribution in [3.63, 3.8) is 0 Å². The van der Waals surface area contributed by atoms with Gasteiger partial charge in [0.1, 0.15) is 11.5 Å². The molecule has 0 radical (unpaired) electrons. The van der Waals surface area contributed by atoms with Crippen LogP contribution in [0, 0.1) is 13.8 Å². The lowest BCUT2D eigenvalue weighted by Crippen LogP contribution is -2.24. The van der Waals surface area contributed by atoms with Crippen molar-refractivity contribution in [2.75, 3.05) is 12.8 Å². The number of aryl methyl sites for hydroxylation is 2. The van der Waals surface area contributed by atoms with Crippen LogP contribution < -0.4 is 15.8 Å². The van der Waals surface area contributed by atoms with Gasteiger partial charge in [0, 0.05) is 23.9 Å². The maximum absolute atomic E-state index is 12.1. The quantitative estimate of drug-likeness (QED) is 0.830. The fraction of sp³-hybridized carbons (Fsp3) is 0.286. The van der Waals surface area contributed by atoms with Crippen molar-refractivity contribution in [3.05, 3.63) is 40.8 Å². The van der Waals surface area contributed by atoms with E-state index in [1.165, 1.54) is 0 Å². The van der Waals surface area contributed by atoms with Gasteiger partial charge in [-0.1, -0.05) is 5.16 Å². The number of nitrogens with one attached hydrogen (secondary N) is 1. The Balaban J connectivity index is 2.09. The number of aromatic nitrogens is 1. The molecule has 1 heterocycles. The van der Waals surface area contributed by atoms with Crippen LogP contribution in [-0.2, 0) is 6.54 Å². The Kier molecular flexibility index (Phi) is 3.93. The number of carbonyl (C=O) groups excluding carboxylic acids is 1. The van der Waals surface area contributed by atoms with Crippen LogP contribution in [0.3, 0.4) is 0 Å². The van der Waals surface area contributed by atoms with Crippen LogP contribution in [0.2, 0.25) is 0 Å². The summed E-state index contributed by atoms with van der Waals surface area (Å²) in [6, 6.07) is 4.95. The second-order valence-electron chi connectivity index (χ2n) is 4.44. The highest BCUT2D eigenvalue weighted by Gasteiger charge is 2.13. The lowest BCUT2D eigenvalue weighted by atomic mass is 10.1. The summed E-state index contributed by atoms with van der Waals surface area (Å²) < 4.78 is 10.1. The minimum Gasteiger partial charge on any atom is -0.497 e. The first-order valence-corrected chi connectivity index (χ1v) is 6.16. The molecule has 0 saturated carbocycles. The second-order valence-corrected chi connectivity index (χ2v) is 4.44. The number of methoxy groups -OCH3 is 1. The molecule has 0 saturated heterocycles. The van der Waals surface area contributed by atoms with Crippen LogP contribution in [0.1, 0.15) is 27.4 Å². The van der Waals surface area contributed by atoms with Gasteiger partial charge < -0.3 is 20.3 Å². The Bertz CT molecular complexity index is 615. The minimum atomic E-state index is -0.245. The average Bonchev–Trinajstić information content (AvgIpc) is 2.75. The zero-order chi connectivity index (χ0) is 14.7. The Morgan fingerprint density at radius 3 is 2.75 bits per heavy atom. The third-order valence-corrected chi connectivity index (χ3v) is 3.11. The van der Waals surface area contributed by atoms with Crippen LogP contribution in [0.4, 0.5) is 5.69 Å². The molecular weight excluding hydrogens is 258 g/mol. The van der Waals surface area contributed by atoms with Gasteiger partial charge in [0.15, 0.2) is 0 Å². The molecule has 0 fully saturated rings. The zero-order valence-corrected chi connectivity index (χ0v) is 11.7. The molecule has 0 aliphatic carbocycles. The summed E-state index contributed by atoms with van der Waals surface area (Å²) in [5.74, 6) is 1.07. The topological polar surface area (TPSA) is 90.4 Å². The highest BCUT2D eigenvalue weighted by atomic mass is 16.5. The summed E-state index contributed by atoms with van der Waals surface area (Å²) in [4.78, 5) is 12.1. The van der Waals surface area contributed by atoms with E-state index in [2.05, 4.69) is 10.5 Å². The monoisotopic (exact) mass is 275 g/mol. The fourth-order valence-corrected chi connectivity index (χ4v) is 1.89. The zero-order valence-electron chi connectivity index (χ0n) is 11.7. The minimum absolute atomic E-state index is 0.245. The molecule has 0 atom stereocenters. The van der Waals surface area contributed by atoms with E-state index in [4.69, 9.17) is 15.0 Å². The van der Waals surface area contributed by atoms with E-state index in [9.17, 15) is 4.79 Å². The lowest BCUT2D eigenvalue weighted by Gasteiger charge is -2.08. The highest BCUT2D eigenvalue weighted by Crippen LogP contribution is 2.20. The normalized spacial score (nSPS) is 10.3. The Hall–Kier alpha value is -2.50. The molecule has 0 spiro atoms. The van der Waals surface area contributed by atoms with Crippen LogP contribution in [0.5, 0.6) is 5.75 Å². The molecule has 6 heteroatoms. The van der Waals surface area contributed by atoms with Gasteiger partial charge in [-0.3, -0.25) is 4.79 Å². The summed E-state index contributed by atoms with van der Waals surface area (Å²) in [6.07, 6.45) is 0. The van der Waals surface area contributed by atoms with Crippen molar-refractivity contribution in [2.45, 2.75) is 20.4 Å². The largest absolute Gasteiger partial charge is 0.497 e. The number of carbonyl (C=O) groups is 1. The smallest absolute Gasteiger partial charge is 0.253 e. The fourth-order valence-electron chi connectivity index (χ4n) is 1.89. The predicted octanol–water partition coefficient (Wildman–Crippen LogP) is 1.81. The van der Waals surface area contributed by atoms with Gasteiger partial charge in [-0.15, -0.1) is 0 Å². The number of hydrogen-bond acceptors (Lipinski definition) is 5. The highest BCUT2D eigenvalue weighted by molar-refractivity contribution is 5.99. The first kappa shape index (κ1) is 13.9. The summed E-state index contributed by atoms with van der Waals surface area (Å²) in [5, 5.41) is 6.64.